The van der Waals surface area contributed by atoms with Crippen molar-refractivity contribution in [2.75, 3.05) is 19.6 Å². The second-order valence-electron chi connectivity index (χ2n) is 4.27. The van der Waals surface area contributed by atoms with Crippen LogP contribution in [0.1, 0.15) is 23.4 Å². The normalized spacial score (nSPS) is 16.6. The zero-order valence-electron chi connectivity index (χ0n) is 9.96. The van der Waals surface area contributed by atoms with Gasteiger partial charge in [-0.05, 0) is 25.0 Å². The minimum absolute atomic E-state index is 0.0460. The fourth-order valence-electron chi connectivity index (χ4n) is 1.88. The first-order valence-corrected chi connectivity index (χ1v) is 5.94. The number of carbonyl (C=O) groups is 2. The Balaban J connectivity index is 1.76. The maximum absolute atomic E-state index is 11.8. The Kier molecular flexibility index (Phi) is 3.99. The van der Waals surface area contributed by atoms with Crippen molar-refractivity contribution in [2.24, 2.45) is 0 Å². The molecule has 1 saturated heterocycles. The Morgan fingerprint density at radius 3 is 2.78 bits per heavy atom. The van der Waals surface area contributed by atoms with Gasteiger partial charge in [-0.2, -0.15) is 0 Å². The van der Waals surface area contributed by atoms with Gasteiger partial charge in [0.2, 0.25) is 5.91 Å². The van der Waals surface area contributed by atoms with E-state index in [1.54, 1.807) is 11.0 Å². The van der Waals surface area contributed by atoms with Gasteiger partial charge in [0, 0.05) is 13.1 Å². The first-order chi connectivity index (χ1) is 8.66. The molecule has 0 atom stereocenters. The summed E-state index contributed by atoms with van der Waals surface area (Å²) >= 11 is 0. The van der Waals surface area contributed by atoms with Crippen molar-refractivity contribution in [1.29, 1.82) is 0 Å². The summed E-state index contributed by atoms with van der Waals surface area (Å²) in [5.41, 5.74) is 0. The van der Waals surface area contributed by atoms with E-state index in [1.165, 1.54) is 12.3 Å². The summed E-state index contributed by atoms with van der Waals surface area (Å²) in [7, 11) is 0. The summed E-state index contributed by atoms with van der Waals surface area (Å²) in [5, 5.41) is 11.8. The van der Waals surface area contributed by atoms with E-state index in [2.05, 4.69) is 5.32 Å². The van der Waals surface area contributed by atoms with Crippen LogP contribution in [-0.2, 0) is 4.79 Å². The number of nitrogens with one attached hydrogen (secondary N) is 1. The summed E-state index contributed by atoms with van der Waals surface area (Å²) in [4.78, 5) is 25.0. The number of nitrogens with zero attached hydrogens (tertiary/aromatic N) is 1. The highest BCUT2D eigenvalue weighted by molar-refractivity contribution is 5.94. The van der Waals surface area contributed by atoms with E-state index in [9.17, 15) is 14.7 Å². The third-order valence-corrected chi connectivity index (χ3v) is 2.96. The number of amides is 2. The highest BCUT2D eigenvalue weighted by Crippen LogP contribution is 2.09. The van der Waals surface area contributed by atoms with Gasteiger partial charge in [-0.1, -0.05) is 0 Å². The summed E-state index contributed by atoms with van der Waals surface area (Å²) in [6.45, 7) is 1.03. The zero-order valence-corrected chi connectivity index (χ0v) is 9.96. The molecular weight excluding hydrogens is 236 g/mol. The summed E-state index contributed by atoms with van der Waals surface area (Å²) in [6, 6.07) is 3.15. The van der Waals surface area contributed by atoms with Crippen LogP contribution in [0.2, 0.25) is 0 Å². The minimum atomic E-state index is -0.398. The summed E-state index contributed by atoms with van der Waals surface area (Å²) in [5.74, 6) is -0.343. The Morgan fingerprint density at radius 2 is 2.17 bits per heavy atom. The van der Waals surface area contributed by atoms with E-state index in [4.69, 9.17) is 4.42 Å². The molecule has 0 bridgehead atoms. The van der Waals surface area contributed by atoms with Gasteiger partial charge in [0.1, 0.15) is 0 Å². The molecule has 6 heteroatoms. The van der Waals surface area contributed by atoms with Crippen LogP contribution in [0.5, 0.6) is 0 Å². The summed E-state index contributed by atoms with van der Waals surface area (Å²) in [6.07, 6.45) is 2.28. The molecule has 0 unspecified atom stereocenters. The van der Waals surface area contributed by atoms with Crippen LogP contribution in [0.25, 0.3) is 0 Å². The monoisotopic (exact) mass is 252 g/mol. The quantitative estimate of drug-likeness (QED) is 0.792. The smallest absolute Gasteiger partial charge is 0.287 e. The standard InChI is InChI=1S/C12H16N2O4/c15-9-3-5-14(6-4-9)11(16)8-13-12(17)10-2-1-7-18-10/h1-2,7,9,15H,3-6,8H2,(H,13,17). The lowest BCUT2D eigenvalue weighted by molar-refractivity contribution is -0.132. The van der Waals surface area contributed by atoms with E-state index in [1.807, 2.05) is 0 Å². The molecule has 1 aliphatic heterocycles. The maximum atomic E-state index is 11.8. The molecule has 1 aliphatic rings. The Labute approximate surface area is 105 Å². The second kappa shape index (κ2) is 5.68. The van der Waals surface area contributed by atoms with Gasteiger partial charge in [0.05, 0.1) is 18.9 Å². The Bertz CT molecular complexity index is 408. The Hall–Kier alpha value is -1.82. The van der Waals surface area contributed by atoms with Gasteiger partial charge in [-0.25, -0.2) is 0 Å². The second-order valence-corrected chi connectivity index (χ2v) is 4.27. The lowest BCUT2D eigenvalue weighted by Crippen LogP contribution is -2.45. The van der Waals surface area contributed by atoms with Crippen LogP contribution in [-0.4, -0.2) is 47.6 Å². The Morgan fingerprint density at radius 1 is 1.44 bits per heavy atom. The molecule has 98 valence electrons. The largest absolute Gasteiger partial charge is 0.459 e. The van der Waals surface area contributed by atoms with Gasteiger partial charge in [-0.3, -0.25) is 9.59 Å². The third-order valence-electron chi connectivity index (χ3n) is 2.96. The van der Waals surface area contributed by atoms with Crippen LogP contribution < -0.4 is 5.32 Å². The fraction of sp³-hybridized carbons (Fsp3) is 0.500. The number of aliphatic hydroxyl groups is 1. The number of piperidine rings is 1. The van der Waals surface area contributed by atoms with Gasteiger partial charge in [0.25, 0.3) is 5.91 Å². The zero-order chi connectivity index (χ0) is 13.0. The van der Waals surface area contributed by atoms with E-state index in [0.717, 1.165) is 0 Å². The van der Waals surface area contributed by atoms with Crippen LogP contribution in [0.15, 0.2) is 22.8 Å². The van der Waals surface area contributed by atoms with Crippen molar-refractivity contribution in [3.05, 3.63) is 24.2 Å². The number of hydrogen-bond donors (Lipinski definition) is 2. The predicted octanol–water partition coefficient (Wildman–Crippen LogP) is -0.00730. The molecule has 18 heavy (non-hydrogen) atoms. The first kappa shape index (κ1) is 12.6. The van der Waals surface area contributed by atoms with Crippen LogP contribution in [0.3, 0.4) is 0 Å². The molecule has 0 saturated carbocycles. The third kappa shape index (κ3) is 3.10. The SMILES string of the molecule is O=C(NCC(=O)N1CCC(O)CC1)c1ccco1. The van der Waals surface area contributed by atoms with Crippen molar-refractivity contribution >= 4 is 11.8 Å². The van der Waals surface area contributed by atoms with Crippen molar-refractivity contribution in [1.82, 2.24) is 10.2 Å². The summed E-state index contributed by atoms with van der Waals surface area (Å²) < 4.78 is 4.92. The number of aliphatic hydroxyl groups excluding tert-OH is 1. The van der Waals surface area contributed by atoms with Gasteiger partial charge < -0.3 is 19.7 Å². The van der Waals surface area contributed by atoms with E-state index < -0.39 is 5.91 Å². The average molecular weight is 252 g/mol. The molecular formula is C12H16N2O4. The van der Waals surface area contributed by atoms with Crippen molar-refractivity contribution in [3.8, 4) is 0 Å². The molecule has 6 nitrogen and oxygen atoms in total. The highest BCUT2D eigenvalue weighted by atomic mass is 16.3. The van der Waals surface area contributed by atoms with Gasteiger partial charge in [-0.15, -0.1) is 0 Å². The fourth-order valence-corrected chi connectivity index (χ4v) is 1.88. The molecule has 0 radical (unpaired) electrons. The minimum Gasteiger partial charge on any atom is -0.459 e. The highest BCUT2D eigenvalue weighted by Gasteiger charge is 2.21. The van der Waals surface area contributed by atoms with Crippen molar-refractivity contribution < 1.29 is 19.1 Å². The van der Waals surface area contributed by atoms with Crippen molar-refractivity contribution in [2.45, 2.75) is 18.9 Å². The predicted molar refractivity (Wildman–Crippen MR) is 62.9 cm³/mol. The van der Waals surface area contributed by atoms with Crippen molar-refractivity contribution in [3.63, 3.8) is 0 Å². The first-order valence-electron chi connectivity index (χ1n) is 5.94. The molecule has 1 fully saturated rings. The molecule has 2 rings (SSSR count). The maximum Gasteiger partial charge on any atom is 0.287 e. The molecule has 1 aromatic heterocycles. The number of rotatable bonds is 3. The van der Waals surface area contributed by atoms with Gasteiger partial charge >= 0.3 is 0 Å². The number of hydrogen-bond acceptors (Lipinski definition) is 4. The van der Waals surface area contributed by atoms with Crippen LogP contribution in [0.4, 0.5) is 0 Å². The molecule has 2 N–H and O–H groups in total. The molecule has 2 heterocycles. The van der Waals surface area contributed by atoms with E-state index in [0.29, 0.717) is 25.9 Å². The number of carbonyl (C=O) groups excluding carboxylic acids is 2. The topological polar surface area (TPSA) is 82.8 Å². The van der Waals surface area contributed by atoms with E-state index in [-0.39, 0.29) is 24.3 Å². The van der Waals surface area contributed by atoms with Crippen LogP contribution >= 0.6 is 0 Å². The molecule has 1 aromatic rings. The molecule has 0 aromatic carbocycles. The number of likely N-dealkylation sites (tertiary alicyclic amines) is 1. The van der Waals surface area contributed by atoms with Crippen LogP contribution in [0, 0.1) is 0 Å². The lowest BCUT2D eigenvalue weighted by Gasteiger charge is -2.29. The number of furan rings is 1. The molecule has 0 spiro atoms. The molecule has 2 amide bonds. The van der Waals surface area contributed by atoms with E-state index >= 15 is 0 Å². The average Bonchev–Trinajstić information content (AvgIpc) is 2.90. The molecule has 0 aliphatic carbocycles. The van der Waals surface area contributed by atoms with Gasteiger partial charge in [0.15, 0.2) is 5.76 Å². The lowest BCUT2D eigenvalue weighted by atomic mass is 10.1.